The van der Waals surface area contributed by atoms with Crippen molar-refractivity contribution in [1.29, 1.82) is 0 Å². The van der Waals surface area contributed by atoms with Crippen LogP contribution in [-0.2, 0) is 10.8 Å². The number of rotatable bonds is 7. The molecule has 0 fully saturated rings. The maximum absolute atomic E-state index is 2.46. The van der Waals surface area contributed by atoms with Gasteiger partial charge in [0.2, 0.25) is 0 Å². The van der Waals surface area contributed by atoms with Crippen molar-refractivity contribution in [2.75, 3.05) is 4.90 Å². The molecule has 0 aromatic heterocycles. The van der Waals surface area contributed by atoms with Gasteiger partial charge in [0.15, 0.2) is 0 Å². The van der Waals surface area contributed by atoms with E-state index in [0.29, 0.717) is 0 Å². The Bertz CT molecular complexity index is 2900. The van der Waals surface area contributed by atoms with Gasteiger partial charge in [-0.05, 0) is 101 Å². The monoisotopic (exact) mass is 761 g/mol. The Morgan fingerprint density at radius 1 is 0.322 bits per heavy atom. The molecule has 0 saturated heterocycles. The van der Waals surface area contributed by atoms with Crippen molar-refractivity contribution >= 4 is 38.6 Å². The number of anilines is 3. The average Bonchev–Trinajstić information content (AvgIpc) is 3.26. The Kier molecular flexibility index (Phi) is 9.77. The van der Waals surface area contributed by atoms with Crippen LogP contribution in [0.5, 0.6) is 0 Å². The van der Waals surface area contributed by atoms with Gasteiger partial charge in [-0.25, -0.2) is 0 Å². The topological polar surface area (TPSA) is 3.24 Å². The van der Waals surface area contributed by atoms with Crippen molar-refractivity contribution in [1.82, 2.24) is 0 Å². The summed E-state index contributed by atoms with van der Waals surface area (Å²) in [6, 6.07) is 73.7. The van der Waals surface area contributed by atoms with Crippen molar-refractivity contribution in [3.8, 4) is 44.5 Å². The molecule has 1 nitrogen and oxygen atoms in total. The molecule has 1 heteroatoms. The van der Waals surface area contributed by atoms with E-state index < -0.39 is 0 Å². The summed E-state index contributed by atoms with van der Waals surface area (Å²) in [6.45, 7) is 13.9. The van der Waals surface area contributed by atoms with Crippen molar-refractivity contribution in [2.45, 2.75) is 52.4 Å². The number of fused-ring (bicyclic) bond motifs is 2. The van der Waals surface area contributed by atoms with E-state index in [0.717, 1.165) is 17.1 Å². The van der Waals surface area contributed by atoms with Gasteiger partial charge < -0.3 is 4.90 Å². The minimum atomic E-state index is 0.00578. The fourth-order valence-corrected chi connectivity index (χ4v) is 8.56. The van der Waals surface area contributed by atoms with Crippen LogP contribution < -0.4 is 4.90 Å². The first-order chi connectivity index (χ1) is 28.5. The van der Waals surface area contributed by atoms with Gasteiger partial charge >= 0.3 is 0 Å². The van der Waals surface area contributed by atoms with Crippen LogP contribution in [-0.4, -0.2) is 0 Å². The smallest absolute Gasteiger partial charge is 0.0540 e. The van der Waals surface area contributed by atoms with Crippen LogP contribution in [0.2, 0.25) is 0 Å². The van der Waals surface area contributed by atoms with Gasteiger partial charge in [0.1, 0.15) is 0 Å². The van der Waals surface area contributed by atoms with E-state index in [1.165, 1.54) is 77.2 Å². The largest absolute Gasteiger partial charge is 0.309 e. The van der Waals surface area contributed by atoms with E-state index >= 15 is 0 Å². The Morgan fingerprint density at radius 3 is 1.46 bits per heavy atom. The third-order valence-corrected chi connectivity index (χ3v) is 11.8. The molecule has 0 bridgehead atoms. The summed E-state index contributed by atoms with van der Waals surface area (Å²) >= 11 is 0. The summed E-state index contributed by atoms with van der Waals surface area (Å²) in [7, 11) is 0. The highest BCUT2D eigenvalue weighted by Gasteiger charge is 2.24. The van der Waals surface area contributed by atoms with E-state index in [1.807, 2.05) is 0 Å². The molecule has 0 radical (unpaired) electrons. The second-order valence-electron chi connectivity index (χ2n) is 17.8. The van der Waals surface area contributed by atoms with E-state index in [2.05, 4.69) is 247 Å². The summed E-state index contributed by atoms with van der Waals surface area (Å²) in [4.78, 5) is 2.46. The second-order valence-corrected chi connectivity index (χ2v) is 17.8. The summed E-state index contributed by atoms with van der Waals surface area (Å²) in [5.74, 6) is 0. The Hall–Kier alpha value is -6.70. The lowest BCUT2D eigenvalue weighted by atomic mass is 9.78. The molecule has 9 rings (SSSR count). The predicted octanol–water partition coefficient (Wildman–Crippen LogP) is 16.7. The molecule has 0 spiro atoms. The van der Waals surface area contributed by atoms with Crippen molar-refractivity contribution in [3.63, 3.8) is 0 Å². The van der Waals surface area contributed by atoms with Crippen LogP contribution >= 0.6 is 0 Å². The summed E-state index contributed by atoms with van der Waals surface area (Å²) in [5, 5.41) is 4.99. The molecule has 0 atom stereocenters. The number of hydrogen-bond donors (Lipinski definition) is 0. The molecule has 0 heterocycles. The zero-order valence-electron chi connectivity index (χ0n) is 35.0. The van der Waals surface area contributed by atoms with Crippen LogP contribution in [0.15, 0.2) is 200 Å². The van der Waals surface area contributed by atoms with E-state index in [1.54, 1.807) is 0 Å². The predicted molar refractivity (Wildman–Crippen MR) is 255 cm³/mol. The first kappa shape index (κ1) is 37.9. The molecule has 9 aromatic carbocycles. The highest BCUT2D eigenvalue weighted by Crippen LogP contribution is 2.48. The maximum atomic E-state index is 2.46. The zero-order chi connectivity index (χ0) is 40.7. The van der Waals surface area contributed by atoms with Crippen molar-refractivity contribution in [3.05, 3.63) is 211 Å². The number of hydrogen-bond acceptors (Lipinski definition) is 1. The van der Waals surface area contributed by atoms with E-state index in [9.17, 15) is 0 Å². The Labute approximate surface area is 350 Å². The minimum absolute atomic E-state index is 0.00578. The molecular weight excluding hydrogens is 711 g/mol. The quantitative estimate of drug-likeness (QED) is 0.156. The summed E-state index contributed by atoms with van der Waals surface area (Å²) in [6.07, 6.45) is 0. The molecule has 0 amide bonds. The highest BCUT2D eigenvalue weighted by atomic mass is 15.1. The molecule has 59 heavy (non-hydrogen) atoms. The zero-order valence-corrected chi connectivity index (χ0v) is 35.0. The molecular formula is C58H51N. The third-order valence-electron chi connectivity index (χ3n) is 11.8. The Balaban J connectivity index is 1.28. The molecule has 0 aliphatic heterocycles. The van der Waals surface area contributed by atoms with Crippen molar-refractivity contribution < 1.29 is 0 Å². The molecule has 0 saturated carbocycles. The van der Waals surface area contributed by atoms with Gasteiger partial charge in [-0.1, -0.05) is 217 Å². The van der Waals surface area contributed by atoms with Gasteiger partial charge in [0, 0.05) is 16.8 Å². The number of nitrogens with zero attached hydrogens (tertiary/aromatic N) is 1. The normalized spacial score (nSPS) is 11.9. The summed E-state index contributed by atoms with van der Waals surface area (Å²) in [5.41, 5.74) is 15.7. The van der Waals surface area contributed by atoms with Gasteiger partial charge in [-0.2, -0.15) is 0 Å². The summed E-state index contributed by atoms with van der Waals surface area (Å²) < 4.78 is 0. The molecule has 9 aromatic rings. The lowest BCUT2D eigenvalue weighted by Gasteiger charge is -2.30. The van der Waals surface area contributed by atoms with Crippen LogP contribution in [0.1, 0.15) is 52.7 Å². The lowest BCUT2D eigenvalue weighted by Crippen LogP contribution is -2.16. The third kappa shape index (κ3) is 7.34. The van der Waals surface area contributed by atoms with Crippen LogP contribution in [0.3, 0.4) is 0 Å². The second kappa shape index (κ2) is 15.2. The molecule has 0 N–H and O–H groups in total. The van der Waals surface area contributed by atoms with E-state index in [4.69, 9.17) is 0 Å². The molecule has 0 unspecified atom stereocenters. The van der Waals surface area contributed by atoms with Crippen LogP contribution in [0.25, 0.3) is 66.1 Å². The SMILES string of the molecule is CC(C)(C)c1cc(-c2cccc3cccc(-c4ccccc4N(c4ccc(-c5cccc6ccccc56)cc4)c4ccccc4-c4ccccc4)c23)cc(C(C)(C)C)c1. The molecule has 0 aliphatic carbocycles. The van der Waals surface area contributed by atoms with Crippen LogP contribution in [0.4, 0.5) is 17.1 Å². The average molecular weight is 762 g/mol. The first-order valence-corrected chi connectivity index (χ1v) is 20.8. The van der Waals surface area contributed by atoms with Gasteiger partial charge in [-0.3, -0.25) is 0 Å². The van der Waals surface area contributed by atoms with E-state index in [-0.39, 0.29) is 10.8 Å². The maximum Gasteiger partial charge on any atom is 0.0540 e. The van der Waals surface area contributed by atoms with Crippen LogP contribution in [0, 0.1) is 0 Å². The van der Waals surface area contributed by atoms with Gasteiger partial charge in [0.25, 0.3) is 0 Å². The fraction of sp³-hybridized carbons (Fsp3) is 0.138. The number of para-hydroxylation sites is 2. The minimum Gasteiger partial charge on any atom is -0.309 e. The first-order valence-electron chi connectivity index (χ1n) is 20.8. The van der Waals surface area contributed by atoms with Gasteiger partial charge in [-0.15, -0.1) is 0 Å². The lowest BCUT2D eigenvalue weighted by molar-refractivity contribution is 0.569. The molecule has 0 aliphatic rings. The molecule has 288 valence electrons. The van der Waals surface area contributed by atoms with Gasteiger partial charge in [0.05, 0.1) is 11.4 Å². The fourth-order valence-electron chi connectivity index (χ4n) is 8.56. The van der Waals surface area contributed by atoms with Crippen molar-refractivity contribution in [2.24, 2.45) is 0 Å². The standard InChI is InChI=1S/C58H51N/c1-57(2,3)45-37-44(38-46(39-45)58(4,5)6)51-29-17-23-43-24-18-30-53(56(43)51)52-27-13-15-32-55(52)59(54-31-14-12-26-50(54)41-19-8-7-9-20-41)47-35-33-42(34-36-47)49-28-16-22-40-21-10-11-25-48(40)49/h7-39H,1-6H3. The Morgan fingerprint density at radius 2 is 0.797 bits per heavy atom. The number of benzene rings is 9. The highest BCUT2D eigenvalue weighted by molar-refractivity contribution is 6.09.